The van der Waals surface area contributed by atoms with Gasteiger partial charge >= 0.3 is 0 Å². The van der Waals surface area contributed by atoms with Crippen molar-refractivity contribution in [2.45, 2.75) is 45.3 Å². The van der Waals surface area contributed by atoms with Crippen molar-refractivity contribution in [1.29, 1.82) is 0 Å². The minimum Gasteiger partial charge on any atom is -0.493 e. The molecule has 3 nitrogen and oxygen atoms in total. The summed E-state index contributed by atoms with van der Waals surface area (Å²) in [6.07, 6.45) is 0.835. The Balaban J connectivity index is 2.03. The van der Waals surface area contributed by atoms with Crippen molar-refractivity contribution >= 4 is 11.6 Å². The van der Waals surface area contributed by atoms with Gasteiger partial charge in [0, 0.05) is 17.9 Å². The molecule has 2 rings (SSSR count). The van der Waals surface area contributed by atoms with E-state index in [0.717, 1.165) is 23.3 Å². The zero-order chi connectivity index (χ0) is 14.0. The quantitative estimate of drug-likeness (QED) is 0.924. The number of rotatable bonds is 4. The molecule has 0 bridgehead atoms. The van der Waals surface area contributed by atoms with Crippen molar-refractivity contribution in [3.63, 3.8) is 0 Å². The van der Waals surface area contributed by atoms with Crippen LogP contribution in [0, 0.1) is 0 Å². The molecule has 0 fully saturated rings. The highest BCUT2D eigenvalue weighted by atomic mass is 35.5. The van der Waals surface area contributed by atoms with Gasteiger partial charge in [-0.05, 0) is 44.0 Å². The van der Waals surface area contributed by atoms with E-state index in [0.29, 0.717) is 24.7 Å². The van der Waals surface area contributed by atoms with Crippen LogP contribution in [0.3, 0.4) is 0 Å². The van der Waals surface area contributed by atoms with Gasteiger partial charge in [0.25, 0.3) is 0 Å². The largest absolute Gasteiger partial charge is 0.493 e. The van der Waals surface area contributed by atoms with Crippen molar-refractivity contribution in [1.82, 2.24) is 0 Å². The molecule has 106 valence electrons. The second-order valence-corrected chi connectivity index (χ2v) is 6.37. The van der Waals surface area contributed by atoms with E-state index in [1.54, 1.807) is 0 Å². The van der Waals surface area contributed by atoms with Gasteiger partial charge in [0.05, 0.1) is 24.9 Å². The lowest BCUT2D eigenvalue weighted by atomic mass is 10.0. The van der Waals surface area contributed by atoms with E-state index >= 15 is 0 Å². The number of aliphatic hydroxyl groups is 1. The van der Waals surface area contributed by atoms with Crippen LogP contribution in [0.5, 0.6) is 5.75 Å². The highest BCUT2D eigenvalue weighted by molar-refractivity contribution is 6.30. The van der Waals surface area contributed by atoms with Crippen LogP contribution in [0.4, 0.5) is 0 Å². The number of hydrogen-bond acceptors (Lipinski definition) is 3. The van der Waals surface area contributed by atoms with E-state index in [1.807, 2.05) is 32.9 Å². The molecule has 1 aromatic rings. The number of ether oxygens (including phenoxy) is 2. The molecule has 1 unspecified atom stereocenters. The first-order valence-corrected chi connectivity index (χ1v) is 6.99. The summed E-state index contributed by atoms with van der Waals surface area (Å²) in [5.41, 5.74) is 1.85. The first-order valence-electron chi connectivity index (χ1n) is 6.61. The lowest BCUT2D eigenvalue weighted by Crippen LogP contribution is -2.27. The zero-order valence-electron chi connectivity index (χ0n) is 11.7. The number of halogens is 1. The summed E-state index contributed by atoms with van der Waals surface area (Å²) in [4.78, 5) is 0. The summed E-state index contributed by atoms with van der Waals surface area (Å²) in [5.74, 6) is 0.888. The van der Waals surface area contributed by atoms with Gasteiger partial charge in [-0.1, -0.05) is 11.6 Å². The molecule has 1 aromatic carbocycles. The molecule has 0 amide bonds. The predicted molar refractivity (Wildman–Crippen MR) is 76.1 cm³/mol. The Bertz CT molecular complexity index is 451. The van der Waals surface area contributed by atoms with Crippen molar-refractivity contribution in [2.75, 3.05) is 13.2 Å². The van der Waals surface area contributed by atoms with E-state index in [-0.39, 0.29) is 5.60 Å². The molecule has 19 heavy (non-hydrogen) atoms. The van der Waals surface area contributed by atoms with Crippen LogP contribution in [-0.2, 0) is 17.6 Å². The summed E-state index contributed by atoms with van der Waals surface area (Å²) in [7, 11) is 0. The van der Waals surface area contributed by atoms with Gasteiger partial charge in [-0.15, -0.1) is 0 Å². The van der Waals surface area contributed by atoms with E-state index in [1.165, 1.54) is 0 Å². The Labute approximate surface area is 119 Å². The molecule has 1 aliphatic heterocycles. The predicted octanol–water partition coefficient (Wildman–Crippen LogP) is 2.99. The second kappa shape index (κ2) is 5.70. The average Bonchev–Trinajstić information content (AvgIpc) is 2.73. The molecular formula is C15H21ClO3. The maximum Gasteiger partial charge on any atom is 0.126 e. The molecule has 1 heterocycles. The van der Waals surface area contributed by atoms with E-state index in [9.17, 15) is 5.11 Å². The molecule has 0 saturated carbocycles. The summed E-state index contributed by atoms with van der Waals surface area (Å²) in [6, 6.07) is 3.80. The minimum absolute atomic E-state index is 0.242. The molecule has 0 aromatic heterocycles. The summed E-state index contributed by atoms with van der Waals surface area (Å²) >= 11 is 6.09. The Morgan fingerprint density at radius 3 is 2.84 bits per heavy atom. The maximum atomic E-state index is 10.1. The van der Waals surface area contributed by atoms with E-state index in [2.05, 4.69) is 0 Å². The van der Waals surface area contributed by atoms with Crippen molar-refractivity contribution in [2.24, 2.45) is 0 Å². The van der Waals surface area contributed by atoms with Gasteiger partial charge in [-0.25, -0.2) is 0 Å². The van der Waals surface area contributed by atoms with Crippen LogP contribution in [0.15, 0.2) is 12.1 Å². The normalized spacial score (nSPS) is 16.1. The molecule has 1 aliphatic rings. The molecule has 4 heteroatoms. The highest BCUT2D eigenvalue weighted by Crippen LogP contribution is 2.33. The Hall–Kier alpha value is -0.770. The topological polar surface area (TPSA) is 38.7 Å². The van der Waals surface area contributed by atoms with Crippen LogP contribution in [-0.4, -0.2) is 30.0 Å². The van der Waals surface area contributed by atoms with E-state index in [4.69, 9.17) is 21.1 Å². The average molecular weight is 285 g/mol. The number of fused-ring (bicyclic) bond motifs is 1. The SMILES string of the molecule is CC(C)(C)OCC(O)Cc1cc(Cl)cc2c1OCC2. The molecule has 1 N–H and O–H groups in total. The first-order chi connectivity index (χ1) is 8.85. The second-order valence-electron chi connectivity index (χ2n) is 5.93. The molecule has 0 aliphatic carbocycles. The monoisotopic (exact) mass is 284 g/mol. The van der Waals surface area contributed by atoms with Crippen LogP contribution < -0.4 is 4.74 Å². The van der Waals surface area contributed by atoms with Crippen molar-refractivity contribution in [3.05, 3.63) is 28.3 Å². The first kappa shape index (κ1) is 14.6. The lowest BCUT2D eigenvalue weighted by molar-refractivity contribution is -0.0483. The Kier molecular flexibility index (Phi) is 4.39. The van der Waals surface area contributed by atoms with Crippen molar-refractivity contribution < 1.29 is 14.6 Å². The fourth-order valence-corrected chi connectivity index (χ4v) is 2.42. The Morgan fingerprint density at radius 2 is 2.16 bits per heavy atom. The van der Waals surface area contributed by atoms with Gasteiger partial charge in [0.15, 0.2) is 0 Å². The van der Waals surface area contributed by atoms with Gasteiger partial charge < -0.3 is 14.6 Å². The summed E-state index contributed by atoms with van der Waals surface area (Å²) in [6.45, 7) is 6.92. The smallest absolute Gasteiger partial charge is 0.126 e. The lowest BCUT2D eigenvalue weighted by Gasteiger charge is -2.22. The molecule has 1 atom stereocenters. The highest BCUT2D eigenvalue weighted by Gasteiger charge is 2.20. The Morgan fingerprint density at radius 1 is 1.42 bits per heavy atom. The van der Waals surface area contributed by atoms with Crippen LogP contribution >= 0.6 is 11.6 Å². The molecule has 0 radical (unpaired) electrons. The standard InChI is InChI=1S/C15H21ClO3/c1-15(2,3)19-9-13(17)8-11-7-12(16)6-10-4-5-18-14(10)11/h6-7,13,17H,4-5,8-9H2,1-3H3. The summed E-state index contributed by atoms with van der Waals surface area (Å²) < 4.78 is 11.2. The third-order valence-corrected chi connectivity index (χ3v) is 3.21. The number of benzene rings is 1. The molecule has 0 spiro atoms. The molecular weight excluding hydrogens is 264 g/mol. The van der Waals surface area contributed by atoms with Gasteiger partial charge in [0.1, 0.15) is 5.75 Å². The molecule has 0 saturated heterocycles. The number of hydrogen-bond donors (Lipinski definition) is 1. The van der Waals surface area contributed by atoms with Crippen LogP contribution in [0.25, 0.3) is 0 Å². The third-order valence-electron chi connectivity index (χ3n) is 2.99. The third kappa shape index (κ3) is 4.10. The van der Waals surface area contributed by atoms with Crippen molar-refractivity contribution in [3.8, 4) is 5.75 Å². The van der Waals surface area contributed by atoms with Gasteiger partial charge in [-0.2, -0.15) is 0 Å². The minimum atomic E-state index is -0.550. The summed E-state index contributed by atoms with van der Waals surface area (Å²) in [5, 5.41) is 10.8. The zero-order valence-corrected chi connectivity index (χ0v) is 12.5. The number of aliphatic hydroxyl groups excluding tert-OH is 1. The van der Waals surface area contributed by atoms with Gasteiger partial charge in [-0.3, -0.25) is 0 Å². The van der Waals surface area contributed by atoms with Crippen LogP contribution in [0.1, 0.15) is 31.9 Å². The van der Waals surface area contributed by atoms with Gasteiger partial charge in [0.2, 0.25) is 0 Å². The maximum absolute atomic E-state index is 10.1. The fraction of sp³-hybridized carbons (Fsp3) is 0.600. The van der Waals surface area contributed by atoms with Crippen LogP contribution in [0.2, 0.25) is 5.02 Å². The van der Waals surface area contributed by atoms with E-state index < -0.39 is 6.10 Å². The fourth-order valence-electron chi connectivity index (χ4n) is 2.16.